The fourth-order valence-corrected chi connectivity index (χ4v) is 2.96. The van der Waals surface area contributed by atoms with Gasteiger partial charge in [-0.05, 0) is 51.6 Å². The normalized spacial score (nSPS) is 22.4. The van der Waals surface area contributed by atoms with Crippen LogP contribution in [0.1, 0.15) is 50.2 Å². The minimum Gasteiger partial charge on any atom is -0.393 e. The van der Waals surface area contributed by atoms with E-state index < -0.39 is 0 Å². The molecule has 0 bridgehead atoms. The maximum atomic E-state index is 9.47. The first-order chi connectivity index (χ1) is 9.15. The predicted octanol–water partition coefficient (Wildman–Crippen LogP) is 3.51. The van der Waals surface area contributed by atoms with Crippen LogP contribution in [0, 0.1) is 6.92 Å². The summed E-state index contributed by atoms with van der Waals surface area (Å²) < 4.78 is 0. The lowest BCUT2D eigenvalue weighted by Gasteiger charge is -2.36. The van der Waals surface area contributed by atoms with Gasteiger partial charge in [0.1, 0.15) is 0 Å². The highest BCUT2D eigenvalue weighted by Crippen LogP contribution is 2.23. The van der Waals surface area contributed by atoms with Crippen LogP contribution in [0.5, 0.6) is 0 Å². The van der Waals surface area contributed by atoms with Crippen molar-refractivity contribution in [1.82, 2.24) is 4.90 Å². The average molecular weight is 261 g/mol. The molecule has 2 heteroatoms. The van der Waals surface area contributed by atoms with E-state index in [1.54, 1.807) is 0 Å². The summed E-state index contributed by atoms with van der Waals surface area (Å²) in [7, 11) is 0. The molecule has 106 valence electrons. The predicted molar refractivity (Wildman–Crippen MR) is 80.1 cm³/mol. The van der Waals surface area contributed by atoms with Crippen LogP contribution in [0.3, 0.4) is 0 Å². The molecule has 1 fully saturated rings. The van der Waals surface area contributed by atoms with Crippen molar-refractivity contribution in [1.29, 1.82) is 0 Å². The van der Waals surface area contributed by atoms with Crippen molar-refractivity contribution in [3.63, 3.8) is 0 Å². The standard InChI is InChI=1S/C17H27NO/c1-14-6-9-16(10-7-14)13-18-12-4-3-5-17(18)11-8-15(2)19/h6-7,9-10,15,17,19H,3-5,8,11-13H2,1-2H3. The number of rotatable bonds is 5. The van der Waals surface area contributed by atoms with Gasteiger partial charge in [0.25, 0.3) is 0 Å². The van der Waals surface area contributed by atoms with E-state index >= 15 is 0 Å². The van der Waals surface area contributed by atoms with Crippen molar-refractivity contribution < 1.29 is 5.11 Å². The Balaban J connectivity index is 1.93. The molecule has 0 aliphatic carbocycles. The number of aryl methyl sites for hydroxylation is 1. The number of piperidine rings is 1. The summed E-state index contributed by atoms with van der Waals surface area (Å²) in [5.74, 6) is 0. The molecule has 2 nitrogen and oxygen atoms in total. The topological polar surface area (TPSA) is 23.5 Å². The molecule has 0 saturated carbocycles. The second kappa shape index (κ2) is 7.06. The maximum Gasteiger partial charge on any atom is 0.0512 e. The number of hydrogen-bond donors (Lipinski definition) is 1. The van der Waals surface area contributed by atoms with Gasteiger partial charge in [0.05, 0.1) is 6.10 Å². The Labute approximate surface area is 117 Å². The molecule has 1 saturated heterocycles. The highest BCUT2D eigenvalue weighted by atomic mass is 16.3. The molecule has 1 heterocycles. The number of nitrogens with zero attached hydrogens (tertiary/aromatic N) is 1. The van der Waals surface area contributed by atoms with Crippen LogP contribution in [0.15, 0.2) is 24.3 Å². The molecule has 0 radical (unpaired) electrons. The summed E-state index contributed by atoms with van der Waals surface area (Å²) in [6.45, 7) is 6.30. The lowest BCUT2D eigenvalue weighted by molar-refractivity contribution is 0.108. The molecule has 2 atom stereocenters. The van der Waals surface area contributed by atoms with Gasteiger partial charge in [-0.1, -0.05) is 36.2 Å². The van der Waals surface area contributed by atoms with Gasteiger partial charge in [-0.2, -0.15) is 0 Å². The molecule has 1 aromatic rings. The fourth-order valence-electron chi connectivity index (χ4n) is 2.96. The zero-order valence-electron chi connectivity index (χ0n) is 12.3. The molecule has 2 rings (SSSR count). The van der Waals surface area contributed by atoms with Gasteiger partial charge in [0.2, 0.25) is 0 Å². The fraction of sp³-hybridized carbons (Fsp3) is 0.647. The summed E-state index contributed by atoms with van der Waals surface area (Å²) in [4.78, 5) is 2.61. The third kappa shape index (κ3) is 4.63. The minimum atomic E-state index is -0.164. The molecule has 1 N–H and O–H groups in total. The SMILES string of the molecule is Cc1ccc(CN2CCCCC2CCC(C)O)cc1. The van der Waals surface area contributed by atoms with E-state index in [1.807, 2.05) is 6.92 Å². The van der Waals surface area contributed by atoms with E-state index in [0.717, 1.165) is 19.4 Å². The smallest absolute Gasteiger partial charge is 0.0512 e. The zero-order chi connectivity index (χ0) is 13.7. The van der Waals surface area contributed by atoms with Gasteiger partial charge in [0.15, 0.2) is 0 Å². The second-order valence-electron chi connectivity index (χ2n) is 6.03. The molecular formula is C17H27NO. The van der Waals surface area contributed by atoms with E-state index in [4.69, 9.17) is 0 Å². The lowest BCUT2D eigenvalue weighted by Crippen LogP contribution is -2.39. The lowest BCUT2D eigenvalue weighted by atomic mass is 9.96. The summed E-state index contributed by atoms with van der Waals surface area (Å²) in [5, 5.41) is 9.47. The quantitative estimate of drug-likeness (QED) is 0.876. The first-order valence-electron chi connectivity index (χ1n) is 7.63. The number of benzene rings is 1. The molecular weight excluding hydrogens is 234 g/mol. The number of aliphatic hydroxyl groups is 1. The Morgan fingerprint density at radius 3 is 2.68 bits per heavy atom. The van der Waals surface area contributed by atoms with Crippen LogP contribution in [-0.2, 0) is 6.54 Å². The van der Waals surface area contributed by atoms with Crippen molar-refractivity contribution >= 4 is 0 Å². The van der Waals surface area contributed by atoms with Crippen LogP contribution in [0.4, 0.5) is 0 Å². The van der Waals surface area contributed by atoms with Crippen molar-refractivity contribution in [2.24, 2.45) is 0 Å². The first-order valence-corrected chi connectivity index (χ1v) is 7.63. The Kier molecular flexibility index (Phi) is 5.41. The number of likely N-dealkylation sites (tertiary alicyclic amines) is 1. The van der Waals surface area contributed by atoms with E-state index in [9.17, 15) is 5.11 Å². The Bertz CT molecular complexity index is 371. The van der Waals surface area contributed by atoms with Gasteiger partial charge in [-0.3, -0.25) is 4.90 Å². The van der Waals surface area contributed by atoms with Crippen LogP contribution in [0.2, 0.25) is 0 Å². The zero-order valence-corrected chi connectivity index (χ0v) is 12.3. The van der Waals surface area contributed by atoms with E-state index in [-0.39, 0.29) is 6.10 Å². The van der Waals surface area contributed by atoms with Crippen molar-refractivity contribution in [2.75, 3.05) is 6.54 Å². The van der Waals surface area contributed by atoms with Gasteiger partial charge in [-0.15, -0.1) is 0 Å². The summed E-state index contributed by atoms with van der Waals surface area (Å²) in [5.41, 5.74) is 2.74. The van der Waals surface area contributed by atoms with Crippen LogP contribution in [-0.4, -0.2) is 28.7 Å². The van der Waals surface area contributed by atoms with E-state index in [1.165, 1.54) is 36.9 Å². The summed E-state index contributed by atoms with van der Waals surface area (Å²) in [6.07, 6.45) is 5.84. The molecule has 1 aromatic carbocycles. The number of hydrogen-bond acceptors (Lipinski definition) is 2. The Hall–Kier alpha value is -0.860. The van der Waals surface area contributed by atoms with Crippen molar-refractivity contribution in [3.8, 4) is 0 Å². The van der Waals surface area contributed by atoms with Crippen molar-refractivity contribution in [2.45, 2.75) is 64.6 Å². The average Bonchev–Trinajstić information content (AvgIpc) is 2.40. The van der Waals surface area contributed by atoms with Crippen LogP contribution < -0.4 is 0 Å². The number of aliphatic hydroxyl groups excluding tert-OH is 1. The molecule has 1 aliphatic heterocycles. The van der Waals surface area contributed by atoms with E-state index in [2.05, 4.69) is 36.1 Å². The van der Waals surface area contributed by atoms with Crippen LogP contribution in [0.25, 0.3) is 0 Å². The largest absolute Gasteiger partial charge is 0.393 e. The van der Waals surface area contributed by atoms with Crippen molar-refractivity contribution in [3.05, 3.63) is 35.4 Å². The summed E-state index contributed by atoms with van der Waals surface area (Å²) >= 11 is 0. The van der Waals surface area contributed by atoms with Gasteiger partial charge < -0.3 is 5.11 Å². The minimum absolute atomic E-state index is 0.164. The Morgan fingerprint density at radius 1 is 1.26 bits per heavy atom. The second-order valence-corrected chi connectivity index (χ2v) is 6.03. The van der Waals surface area contributed by atoms with Gasteiger partial charge in [0, 0.05) is 12.6 Å². The van der Waals surface area contributed by atoms with Gasteiger partial charge >= 0.3 is 0 Å². The summed E-state index contributed by atoms with van der Waals surface area (Å²) in [6, 6.07) is 9.55. The molecule has 2 unspecified atom stereocenters. The Morgan fingerprint density at radius 2 is 2.00 bits per heavy atom. The maximum absolute atomic E-state index is 9.47. The van der Waals surface area contributed by atoms with Crippen LogP contribution >= 0.6 is 0 Å². The van der Waals surface area contributed by atoms with Gasteiger partial charge in [-0.25, -0.2) is 0 Å². The third-order valence-corrected chi connectivity index (χ3v) is 4.17. The molecule has 19 heavy (non-hydrogen) atoms. The first kappa shape index (κ1) is 14.5. The molecule has 1 aliphatic rings. The van der Waals surface area contributed by atoms with E-state index in [0.29, 0.717) is 6.04 Å². The highest BCUT2D eigenvalue weighted by Gasteiger charge is 2.22. The third-order valence-electron chi connectivity index (χ3n) is 4.17. The molecule has 0 amide bonds. The monoisotopic (exact) mass is 261 g/mol. The highest BCUT2D eigenvalue weighted by molar-refractivity contribution is 5.21. The molecule has 0 spiro atoms. The molecule has 0 aromatic heterocycles.